The van der Waals surface area contributed by atoms with Crippen LogP contribution >= 0.6 is 0 Å². The van der Waals surface area contributed by atoms with E-state index in [1.54, 1.807) is 0 Å². The summed E-state index contributed by atoms with van der Waals surface area (Å²) in [6.07, 6.45) is 1.38. The van der Waals surface area contributed by atoms with Gasteiger partial charge in [0.05, 0.1) is 0 Å². The SMILES string of the molecule is CC(F)(F)[C@@H]1CCCN(CCN=[N+]=[N-])C1. The first-order valence-corrected chi connectivity index (χ1v) is 5.15. The van der Waals surface area contributed by atoms with Crippen molar-refractivity contribution in [1.29, 1.82) is 0 Å². The van der Waals surface area contributed by atoms with E-state index in [-0.39, 0.29) is 0 Å². The first-order valence-electron chi connectivity index (χ1n) is 5.15. The topological polar surface area (TPSA) is 52.0 Å². The summed E-state index contributed by atoms with van der Waals surface area (Å²) in [4.78, 5) is 4.58. The van der Waals surface area contributed by atoms with E-state index in [0.29, 0.717) is 26.1 Å². The molecule has 0 aromatic heterocycles. The molecule has 1 aliphatic heterocycles. The summed E-state index contributed by atoms with van der Waals surface area (Å²) in [5.74, 6) is -3.16. The lowest BCUT2D eigenvalue weighted by Gasteiger charge is -2.35. The fourth-order valence-electron chi connectivity index (χ4n) is 1.90. The van der Waals surface area contributed by atoms with Gasteiger partial charge in [0, 0.05) is 30.5 Å². The number of nitrogens with zero attached hydrogens (tertiary/aromatic N) is 4. The zero-order valence-corrected chi connectivity index (χ0v) is 8.86. The van der Waals surface area contributed by atoms with E-state index in [1.165, 1.54) is 0 Å². The molecule has 1 heterocycles. The molecular weight excluding hydrogens is 202 g/mol. The van der Waals surface area contributed by atoms with Crippen molar-refractivity contribution in [3.8, 4) is 0 Å². The van der Waals surface area contributed by atoms with Crippen LogP contribution in [0.4, 0.5) is 8.78 Å². The van der Waals surface area contributed by atoms with E-state index in [4.69, 9.17) is 5.53 Å². The minimum Gasteiger partial charge on any atom is -0.303 e. The van der Waals surface area contributed by atoms with E-state index >= 15 is 0 Å². The van der Waals surface area contributed by atoms with Crippen LogP contribution in [0.1, 0.15) is 19.8 Å². The highest BCUT2D eigenvalue weighted by Gasteiger charge is 2.36. The van der Waals surface area contributed by atoms with Crippen LogP contribution in [-0.2, 0) is 0 Å². The Morgan fingerprint density at radius 3 is 2.93 bits per heavy atom. The molecule has 0 amide bonds. The van der Waals surface area contributed by atoms with Gasteiger partial charge in [0.15, 0.2) is 0 Å². The average Bonchev–Trinajstić information content (AvgIpc) is 2.17. The Kier molecular flexibility index (Phi) is 4.29. The van der Waals surface area contributed by atoms with Crippen molar-refractivity contribution >= 4 is 0 Å². The third-order valence-corrected chi connectivity index (χ3v) is 2.80. The lowest BCUT2D eigenvalue weighted by Crippen LogP contribution is -2.43. The van der Waals surface area contributed by atoms with Crippen LogP contribution in [0.3, 0.4) is 0 Å². The Labute approximate surface area is 87.9 Å². The molecule has 4 nitrogen and oxygen atoms in total. The maximum atomic E-state index is 13.1. The van der Waals surface area contributed by atoms with Gasteiger partial charge in [-0.05, 0) is 31.8 Å². The summed E-state index contributed by atoms with van der Waals surface area (Å²) in [6.45, 7) is 3.15. The van der Waals surface area contributed by atoms with Crippen LogP contribution in [-0.4, -0.2) is 37.0 Å². The maximum absolute atomic E-state index is 13.1. The molecule has 15 heavy (non-hydrogen) atoms. The number of rotatable bonds is 4. The Balaban J connectivity index is 2.38. The molecule has 1 saturated heterocycles. The normalized spacial score (nSPS) is 23.5. The number of likely N-dealkylation sites (tertiary alicyclic amines) is 1. The molecule has 1 rings (SSSR count). The third-order valence-electron chi connectivity index (χ3n) is 2.80. The second-order valence-corrected chi connectivity index (χ2v) is 4.05. The van der Waals surface area contributed by atoms with Crippen LogP contribution < -0.4 is 0 Å². The van der Waals surface area contributed by atoms with Gasteiger partial charge < -0.3 is 4.90 Å². The minimum atomic E-state index is -2.60. The smallest absolute Gasteiger partial charge is 0.249 e. The molecule has 1 fully saturated rings. The second kappa shape index (κ2) is 5.28. The molecule has 0 N–H and O–H groups in total. The quantitative estimate of drug-likeness (QED) is 0.406. The fraction of sp³-hybridized carbons (Fsp3) is 1.00. The average molecular weight is 218 g/mol. The van der Waals surface area contributed by atoms with Gasteiger partial charge >= 0.3 is 0 Å². The van der Waals surface area contributed by atoms with Crippen LogP contribution in [0.15, 0.2) is 5.11 Å². The summed E-state index contributed by atoms with van der Waals surface area (Å²) in [6, 6.07) is 0. The number of hydrogen-bond acceptors (Lipinski definition) is 2. The number of azide groups is 1. The highest BCUT2D eigenvalue weighted by atomic mass is 19.3. The standard InChI is InChI=1S/C9H16F2N4/c1-9(10,11)8-3-2-5-15(7-8)6-4-13-14-12/h8H,2-7H2,1H3/t8-/m1/s1. The van der Waals surface area contributed by atoms with Crippen LogP contribution in [0.25, 0.3) is 10.4 Å². The number of piperidine rings is 1. The van der Waals surface area contributed by atoms with E-state index in [2.05, 4.69) is 10.0 Å². The molecule has 0 aromatic carbocycles. The largest absolute Gasteiger partial charge is 0.303 e. The van der Waals surface area contributed by atoms with Crippen molar-refractivity contribution in [3.05, 3.63) is 10.4 Å². The van der Waals surface area contributed by atoms with Crippen LogP contribution in [0, 0.1) is 5.92 Å². The molecule has 0 radical (unpaired) electrons. The molecular formula is C9H16F2N4. The lowest BCUT2D eigenvalue weighted by atomic mass is 9.93. The number of hydrogen-bond donors (Lipinski definition) is 0. The van der Waals surface area contributed by atoms with Gasteiger partial charge in [0.1, 0.15) is 0 Å². The molecule has 1 aliphatic rings. The van der Waals surface area contributed by atoms with Crippen LogP contribution in [0.2, 0.25) is 0 Å². The molecule has 0 spiro atoms. The maximum Gasteiger partial charge on any atom is 0.249 e. The summed E-state index contributed by atoms with van der Waals surface area (Å²) < 4.78 is 26.1. The Morgan fingerprint density at radius 2 is 2.33 bits per heavy atom. The molecule has 0 aliphatic carbocycles. The van der Waals surface area contributed by atoms with Gasteiger partial charge in [0.2, 0.25) is 5.92 Å². The fourth-order valence-corrected chi connectivity index (χ4v) is 1.90. The van der Waals surface area contributed by atoms with E-state index in [1.807, 2.05) is 4.90 Å². The number of alkyl halides is 2. The summed E-state index contributed by atoms with van der Waals surface area (Å²) >= 11 is 0. The van der Waals surface area contributed by atoms with E-state index < -0.39 is 11.8 Å². The molecule has 1 atom stereocenters. The summed E-state index contributed by atoms with van der Waals surface area (Å²) in [5.41, 5.74) is 8.10. The Bertz CT molecular complexity index is 245. The van der Waals surface area contributed by atoms with Crippen LogP contribution in [0.5, 0.6) is 0 Å². The van der Waals surface area contributed by atoms with Crippen molar-refractivity contribution in [2.75, 3.05) is 26.2 Å². The predicted molar refractivity (Wildman–Crippen MR) is 53.8 cm³/mol. The minimum absolute atomic E-state index is 0.360. The first-order chi connectivity index (χ1) is 7.04. The van der Waals surface area contributed by atoms with Crippen molar-refractivity contribution in [2.24, 2.45) is 11.0 Å². The predicted octanol–water partition coefficient (Wildman–Crippen LogP) is 2.66. The Hall–Kier alpha value is -0.870. The molecule has 0 bridgehead atoms. The second-order valence-electron chi connectivity index (χ2n) is 4.05. The molecule has 6 heteroatoms. The van der Waals surface area contributed by atoms with Gasteiger partial charge in [-0.25, -0.2) is 8.78 Å². The highest BCUT2D eigenvalue weighted by Crippen LogP contribution is 2.31. The van der Waals surface area contributed by atoms with Crippen molar-refractivity contribution in [1.82, 2.24) is 4.90 Å². The highest BCUT2D eigenvalue weighted by molar-refractivity contribution is 4.81. The lowest BCUT2D eigenvalue weighted by molar-refractivity contribution is -0.0657. The summed E-state index contributed by atoms with van der Waals surface area (Å²) in [7, 11) is 0. The van der Waals surface area contributed by atoms with Gasteiger partial charge in [0.25, 0.3) is 0 Å². The van der Waals surface area contributed by atoms with Gasteiger partial charge in [-0.1, -0.05) is 5.11 Å². The molecule has 0 aromatic rings. The number of halogens is 2. The molecule has 86 valence electrons. The van der Waals surface area contributed by atoms with Gasteiger partial charge in [-0.2, -0.15) is 0 Å². The van der Waals surface area contributed by atoms with Crippen molar-refractivity contribution in [3.63, 3.8) is 0 Å². The molecule has 0 unspecified atom stereocenters. The molecule has 0 saturated carbocycles. The monoisotopic (exact) mass is 218 g/mol. The Morgan fingerprint density at radius 1 is 1.60 bits per heavy atom. The van der Waals surface area contributed by atoms with Gasteiger partial charge in [-0.15, -0.1) is 0 Å². The van der Waals surface area contributed by atoms with E-state index in [0.717, 1.165) is 19.9 Å². The van der Waals surface area contributed by atoms with E-state index in [9.17, 15) is 8.78 Å². The zero-order valence-electron chi connectivity index (χ0n) is 8.86. The van der Waals surface area contributed by atoms with Gasteiger partial charge in [-0.3, -0.25) is 0 Å². The van der Waals surface area contributed by atoms with Crippen molar-refractivity contribution in [2.45, 2.75) is 25.7 Å². The van der Waals surface area contributed by atoms with Crippen molar-refractivity contribution < 1.29 is 8.78 Å². The summed E-state index contributed by atoms with van der Waals surface area (Å²) in [5, 5.41) is 3.40. The first kappa shape index (κ1) is 12.2. The third kappa shape index (κ3) is 4.01. The zero-order chi connectivity index (χ0) is 11.3.